The Kier molecular flexibility index (Phi) is 8.75. The molecule has 2 unspecified atom stereocenters. The summed E-state index contributed by atoms with van der Waals surface area (Å²) in [7, 11) is -4.25. The zero-order chi connectivity index (χ0) is 31.7. The number of aromatic nitrogens is 3. The van der Waals surface area contributed by atoms with Crippen LogP contribution in [0.3, 0.4) is 0 Å². The topological polar surface area (TPSA) is 113 Å². The highest BCUT2D eigenvalue weighted by Crippen LogP contribution is 2.36. The third-order valence-corrected chi connectivity index (χ3v) is 9.88. The van der Waals surface area contributed by atoms with E-state index >= 15 is 0 Å². The Hall–Kier alpha value is -3.92. The first kappa shape index (κ1) is 31.5. The minimum Gasteiger partial charge on any atom is -0.406 e. The molecule has 0 saturated carbocycles. The van der Waals surface area contributed by atoms with Crippen molar-refractivity contribution in [1.29, 1.82) is 0 Å². The molecule has 1 aromatic heterocycles. The van der Waals surface area contributed by atoms with Crippen LogP contribution in [0.1, 0.15) is 18.1 Å². The Morgan fingerprint density at radius 2 is 1.77 bits per heavy atom. The van der Waals surface area contributed by atoms with Crippen molar-refractivity contribution >= 4 is 26.7 Å². The molecule has 1 fully saturated rings. The maximum Gasteiger partial charge on any atom is 0.573 e. The second-order valence-electron chi connectivity index (χ2n) is 10.2. The van der Waals surface area contributed by atoms with E-state index in [-0.39, 0.29) is 19.0 Å². The van der Waals surface area contributed by atoms with Gasteiger partial charge in [0.2, 0.25) is 0 Å². The van der Waals surface area contributed by atoms with Gasteiger partial charge >= 0.3 is 6.36 Å². The average molecular weight is 640 g/mol. The van der Waals surface area contributed by atoms with Crippen LogP contribution in [0.2, 0.25) is 0 Å². The van der Waals surface area contributed by atoms with Gasteiger partial charge in [-0.15, -0.1) is 13.2 Å². The van der Waals surface area contributed by atoms with Gasteiger partial charge in [-0.05, 0) is 53.6 Å². The number of ether oxygens (including phenoxy) is 3. The third kappa shape index (κ3) is 6.90. The molecule has 44 heavy (non-hydrogen) atoms. The number of halogens is 5. The number of aliphatic hydroxyl groups is 1. The van der Waals surface area contributed by atoms with E-state index in [4.69, 9.17) is 9.47 Å². The lowest BCUT2D eigenvalue weighted by molar-refractivity contribution is -0.274. The Bertz CT molecular complexity index is 1760. The number of fused-ring (bicyclic) bond motifs is 1. The number of sulfone groups is 1. The van der Waals surface area contributed by atoms with E-state index < -0.39 is 62.3 Å². The normalized spacial score (nSPS) is 20.1. The van der Waals surface area contributed by atoms with Crippen molar-refractivity contribution in [3.63, 3.8) is 0 Å². The van der Waals surface area contributed by atoms with E-state index in [9.17, 15) is 35.5 Å². The van der Waals surface area contributed by atoms with Gasteiger partial charge in [0.25, 0.3) is 0 Å². The Morgan fingerprint density at radius 3 is 2.43 bits per heavy atom. The van der Waals surface area contributed by atoms with Crippen LogP contribution in [0.5, 0.6) is 5.75 Å². The number of alkyl halides is 3. The summed E-state index contributed by atoms with van der Waals surface area (Å²) in [6, 6.07) is 11.4. The van der Waals surface area contributed by atoms with Crippen LogP contribution < -0.4 is 4.74 Å². The molecule has 1 N–H and O–H groups in total. The SMILES string of the molecule is CC(C(O)(Cn1cncn1)c1ccc(F)cc1F)S(=O)(=O)C1COC(C=Cc2ccc3cc(OC(F)(F)F)ccc3c2)OC1. The first-order valence-electron chi connectivity index (χ1n) is 13.2. The summed E-state index contributed by atoms with van der Waals surface area (Å²) in [6.45, 7) is 0.135. The summed E-state index contributed by atoms with van der Waals surface area (Å²) in [5.41, 5.74) is -2.11. The fraction of sp³-hybridized carbons (Fsp3) is 0.310. The smallest absolute Gasteiger partial charge is 0.406 e. The highest BCUT2D eigenvalue weighted by Gasteiger charge is 2.49. The largest absolute Gasteiger partial charge is 0.573 e. The summed E-state index contributed by atoms with van der Waals surface area (Å²) in [5, 5.41) is 13.9. The van der Waals surface area contributed by atoms with Gasteiger partial charge < -0.3 is 19.3 Å². The van der Waals surface area contributed by atoms with Crippen LogP contribution in [-0.4, -0.2) is 64.7 Å². The molecule has 2 atom stereocenters. The molecule has 0 bridgehead atoms. The molecule has 0 aliphatic carbocycles. The van der Waals surface area contributed by atoms with E-state index in [0.717, 1.165) is 16.8 Å². The van der Waals surface area contributed by atoms with Crippen molar-refractivity contribution in [2.45, 2.75) is 42.2 Å². The molecule has 9 nitrogen and oxygen atoms in total. The zero-order valence-electron chi connectivity index (χ0n) is 23.0. The number of hydrogen-bond acceptors (Lipinski definition) is 8. The van der Waals surface area contributed by atoms with E-state index in [1.54, 1.807) is 30.4 Å². The molecule has 3 aromatic carbocycles. The molecule has 1 aliphatic heterocycles. The van der Waals surface area contributed by atoms with Crippen LogP contribution in [0.4, 0.5) is 22.0 Å². The van der Waals surface area contributed by atoms with Gasteiger partial charge in [0.1, 0.15) is 40.9 Å². The Balaban J connectivity index is 1.28. The number of nitrogens with zero attached hydrogens (tertiary/aromatic N) is 3. The van der Waals surface area contributed by atoms with Gasteiger partial charge in [-0.2, -0.15) is 5.10 Å². The fourth-order valence-electron chi connectivity index (χ4n) is 4.93. The van der Waals surface area contributed by atoms with Gasteiger partial charge in [-0.3, -0.25) is 0 Å². The standard InChI is InChI=1S/C29H26F5N3O6S/c1-18(28(38,15-37-17-35-16-36-37)25-8-6-22(30)12-26(25)31)44(39,40)24-13-41-27(42-14-24)9-3-19-2-4-21-11-23(43-29(32,33)34)7-5-20(21)10-19/h2-12,16-18,24,27,38H,13-15H2,1H3. The summed E-state index contributed by atoms with van der Waals surface area (Å²) in [4.78, 5) is 3.77. The summed E-state index contributed by atoms with van der Waals surface area (Å²) in [5.74, 6) is -2.36. The Labute approximate surface area is 248 Å². The summed E-state index contributed by atoms with van der Waals surface area (Å²) >= 11 is 0. The summed E-state index contributed by atoms with van der Waals surface area (Å²) in [6.07, 6.45) is -0.131. The van der Waals surface area contributed by atoms with Crippen molar-refractivity contribution < 1.29 is 49.7 Å². The maximum absolute atomic E-state index is 14.9. The molecule has 2 heterocycles. The lowest BCUT2D eigenvalue weighted by Gasteiger charge is -2.37. The predicted octanol–water partition coefficient (Wildman–Crippen LogP) is 4.75. The molecular weight excluding hydrogens is 613 g/mol. The van der Waals surface area contributed by atoms with Gasteiger partial charge in [0.15, 0.2) is 16.1 Å². The van der Waals surface area contributed by atoms with E-state index in [1.165, 1.54) is 37.8 Å². The van der Waals surface area contributed by atoms with Crippen LogP contribution >= 0.6 is 0 Å². The average Bonchev–Trinajstić information content (AvgIpc) is 3.47. The van der Waals surface area contributed by atoms with Crippen molar-refractivity contribution in [3.05, 3.63) is 96.1 Å². The van der Waals surface area contributed by atoms with Gasteiger partial charge in [-0.1, -0.05) is 30.3 Å². The van der Waals surface area contributed by atoms with Crippen LogP contribution in [-0.2, 0) is 31.5 Å². The first-order valence-corrected chi connectivity index (χ1v) is 14.8. The van der Waals surface area contributed by atoms with Crippen molar-refractivity contribution in [2.24, 2.45) is 0 Å². The molecular formula is C29H26F5N3O6S. The van der Waals surface area contributed by atoms with Crippen molar-refractivity contribution in [2.75, 3.05) is 13.2 Å². The molecule has 1 saturated heterocycles. The van der Waals surface area contributed by atoms with Gasteiger partial charge in [0.05, 0.1) is 25.0 Å². The van der Waals surface area contributed by atoms with E-state index in [1.807, 2.05) is 0 Å². The lowest BCUT2D eigenvalue weighted by atomic mass is 9.90. The first-order chi connectivity index (χ1) is 20.7. The summed E-state index contributed by atoms with van der Waals surface area (Å²) < 4.78 is 110. The molecule has 0 radical (unpaired) electrons. The number of rotatable bonds is 9. The third-order valence-electron chi connectivity index (χ3n) is 7.31. The second-order valence-corrected chi connectivity index (χ2v) is 12.8. The van der Waals surface area contributed by atoms with E-state index in [0.29, 0.717) is 22.4 Å². The Morgan fingerprint density at radius 1 is 1.07 bits per heavy atom. The minimum absolute atomic E-state index is 0.299. The minimum atomic E-state index is -4.80. The van der Waals surface area contributed by atoms with Crippen molar-refractivity contribution in [1.82, 2.24) is 14.8 Å². The quantitative estimate of drug-likeness (QED) is 0.261. The lowest BCUT2D eigenvalue weighted by Crippen LogP contribution is -2.52. The van der Waals surface area contributed by atoms with Crippen LogP contribution in [0.25, 0.3) is 16.8 Å². The number of hydrogen-bond donors (Lipinski definition) is 1. The predicted molar refractivity (Wildman–Crippen MR) is 148 cm³/mol. The molecule has 5 rings (SSSR count). The molecule has 15 heteroatoms. The molecule has 1 aliphatic rings. The molecule has 0 spiro atoms. The highest BCUT2D eigenvalue weighted by molar-refractivity contribution is 7.92. The zero-order valence-corrected chi connectivity index (χ0v) is 23.8. The van der Waals surface area contributed by atoms with Crippen LogP contribution in [0, 0.1) is 11.6 Å². The maximum atomic E-state index is 14.9. The second kappa shape index (κ2) is 12.2. The molecule has 234 valence electrons. The molecule has 4 aromatic rings. The van der Waals surface area contributed by atoms with E-state index in [2.05, 4.69) is 14.8 Å². The van der Waals surface area contributed by atoms with Gasteiger partial charge in [-0.25, -0.2) is 26.9 Å². The number of benzene rings is 3. The van der Waals surface area contributed by atoms with Crippen LogP contribution in [0.15, 0.2) is 73.3 Å². The van der Waals surface area contributed by atoms with Crippen molar-refractivity contribution in [3.8, 4) is 5.75 Å². The van der Waals surface area contributed by atoms with Gasteiger partial charge in [0, 0.05) is 11.6 Å². The molecule has 0 amide bonds. The highest BCUT2D eigenvalue weighted by atomic mass is 32.2. The fourth-order valence-corrected chi connectivity index (χ4v) is 6.79. The monoisotopic (exact) mass is 639 g/mol.